The third-order valence-electron chi connectivity index (χ3n) is 9.74. The fraction of sp³-hybridized carbons (Fsp3) is 0.658. The van der Waals surface area contributed by atoms with Crippen LogP contribution in [0.5, 0.6) is 11.5 Å². The van der Waals surface area contributed by atoms with Gasteiger partial charge in [-0.15, -0.1) is 0 Å². The van der Waals surface area contributed by atoms with Crippen molar-refractivity contribution in [1.82, 2.24) is 4.90 Å². The standard InChI is InChI=1S/C38H51NO13/c1-9-10-19-46-33(43)25(21-29(42)51-35(2,3)4)48-28(41)14-13-27(40)47-24-15-16-38(45)26-20-22-11-12-23(49-34(44)52-36(5,6)7)31-30(22)37(38,32(24)50-31)17-18-39(26)8/h11-12,15,25-26,32,45H,9-10,13-14,16-21H2,1-8H3/t25-,26-,32+,37+,38-/m1/s1. The highest BCUT2D eigenvalue weighted by molar-refractivity contribution is 5.85. The molecule has 4 aliphatic rings. The van der Waals surface area contributed by atoms with Crippen molar-refractivity contribution in [1.29, 1.82) is 0 Å². The van der Waals surface area contributed by atoms with Gasteiger partial charge in [0, 0.05) is 18.0 Å². The summed E-state index contributed by atoms with van der Waals surface area (Å²) in [5.41, 5.74) is -2.28. The highest BCUT2D eigenvalue weighted by Gasteiger charge is 2.72. The van der Waals surface area contributed by atoms with E-state index in [0.29, 0.717) is 25.8 Å². The first-order valence-electron chi connectivity index (χ1n) is 17.9. The lowest BCUT2D eigenvalue weighted by molar-refractivity contribution is -0.175. The summed E-state index contributed by atoms with van der Waals surface area (Å²) >= 11 is 0. The molecule has 0 saturated carbocycles. The summed E-state index contributed by atoms with van der Waals surface area (Å²) in [5.74, 6) is -2.74. The highest BCUT2D eigenvalue weighted by atomic mass is 16.7. The van der Waals surface area contributed by atoms with Crippen molar-refractivity contribution in [3.63, 3.8) is 0 Å². The molecule has 5 rings (SSSR count). The van der Waals surface area contributed by atoms with Gasteiger partial charge in [-0.3, -0.25) is 14.4 Å². The minimum Gasteiger partial charge on any atom is -0.477 e. The van der Waals surface area contributed by atoms with Gasteiger partial charge in [-0.2, -0.15) is 0 Å². The summed E-state index contributed by atoms with van der Waals surface area (Å²) in [5, 5.41) is 12.5. The lowest BCUT2D eigenvalue weighted by Crippen LogP contribution is -2.74. The zero-order valence-corrected chi connectivity index (χ0v) is 31.3. The molecule has 1 aromatic rings. The number of hydrogen-bond acceptors (Lipinski definition) is 14. The maximum Gasteiger partial charge on any atom is 0.514 e. The maximum absolute atomic E-state index is 13.3. The van der Waals surface area contributed by atoms with Crippen LogP contribution in [0.2, 0.25) is 0 Å². The average Bonchev–Trinajstić information content (AvgIpc) is 3.38. The lowest BCUT2D eigenvalue weighted by atomic mass is 9.50. The number of hydrogen-bond donors (Lipinski definition) is 1. The van der Waals surface area contributed by atoms with Crippen molar-refractivity contribution in [3.8, 4) is 11.5 Å². The zero-order chi connectivity index (χ0) is 38.2. The Balaban J connectivity index is 1.31. The third kappa shape index (κ3) is 7.92. The first-order chi connectivity index (χ1) is 24.3. The molecule has 14 heteroatoms. The average molecular weight is 730 g/mol. The molecule has 1 N–H and O–H groups in total. The Kier molecular flexibility index (Phi) is 11.0. The number of likely N-dealkylation sites (tertiary alicyclic amines) is 1. The number of piperidine rings is 1. The number of carbonyl (C=O) groups excluding carboxylic acids is 5. The minimum absolute atomic E-state index is 0.0933. The van der Waals surface area contributed by atoms with Crippen molar-refractivity contribution in [2.45, 2.75) is 140 Å². The van der Waals surface area contributed by atoms with Crippen molar-refractivity contribution in [3.05, 3.63) is 35.1 Å². The number of likely N-dealkylation sites (N-methyl/N-ethyl adjacent to an activating group) is 1. The van der Waals surface area contributed by atoms with E-state index in [-0.39, 0.29) is 36.3 Å². The minimum atomic E-state index is -1.55. The number of aliphatic hydroxyl groups is 1. The van der Waals surface area contributed by atoms with E-state index in [1.165, 1.54) is 0 Å². The quantitative estimate of drug-likeness (QED) is 0.137. The van der Waals surface area contributed by atoms with Gasteiger partial charge in [0.05, 0.1) is 36.9 Å². The molecule has 52 heavy (non-hydrogen) atoms. The van der Waals surface area contributed by atoms with E-state index in [4.69, 9.17) is 33.2 Å². The van der Waals surface area contributed by atoms with E-state index < -0.39 is 83.7 Å². The molecule has 5 atom stereocenters. The van der Waals surface area contributed by atoms with E-state index in [9.17, 15) is 29.1 Å². The first kappa shape index (κ1) is 39.0. The number of rotatable bonds is 12. The number of unbranched alkanes of at least 4 members (excludes halogenated alkanes) is 1. The molecular formula is C38H51NO13. The van der Waals surface area contributed by atoms with Gasteiger partial charge in [-0.1, -0.05) is 19.4 Å². The second-order valence-electron chi connectivity index (χ2n) is 15.9. The fourth-order valence-corrected chi connectivity index (χ4v) is 7.59. The van der Waals surface area contributed by atoms with Gasteiger partial charge in [0.1, 0.15) is 17.0 Å². The first-order valence-corrected chi connectivity index (χ1v) is 17.9. The molecule has 1 aromatic carbocycles. The van der Waals surface area contributed by atoms with E-state index in [1.54, 1.807) is 53.7 Å². The van der Waals surface area contributed by atoms with Crippen molar-refractivity contribution >= 4 is 30.0 Å². The molecule has 0 radical (unpaired) electrons. The van der Waals surface area contributed by atoms with E-state index >= 15 is 0 Å². The van der Waals surface area contributed by atoms with Crippen LogP contribution >= 0.6 is 0 Å². The Morgan fingerprint density at radius 2 is 1.67 bits per heavy atom. The lowest BCUT2D eigenvalue weighted by Gasteiger charge is -2.61. The van der Waals surface area contributed by atoms with Crippen LogP contribution in [0.4, 0.5) is 4.79 Å². The van der Waals surface area contributed by atoms with Crippen LogP contribution in [-0.4, -0.2) is 95.3 Å². The van der Waals surface area contributed by atoms with Gasteiger partial charge in [0.25, 0.3) is 0 Å². The number of nitrogens with zero attached hydrogens (tertiary/aromatic N) is 1. The normalized spacial score (nSPS) is 25.1. The van der Waals surface area contributed by atoms with Crippen LogP contribution in [0.3, 0.4) is 0 Å². The summed E-state index contributed by atoms with van der Waals surface area (Å²) in [4.78, 5) is 66.2. The van der Waals surface area contributed by atoms with Crippen molar-refractivity contribution < 1.29 is 62.2 Å². The molecule has 2 heterocycles. The zero-order valence-electron chi connectivity index (χ0n) is 31.3. The predicted octanol–water partition coefficient (Wildman–Crippen LogP) is 4.59. The summed E-state index contributed by atoms with van der Waals surface area (Å²) in [7, 11) is 1.97. The van der Waals surface area contributed by atoms with Gasteiger partial charge in [-0.25, -0.2) is 9.59 Å². The Bertz CT molecular complexity index is 1620. The number of esters is 4. The summed E-state index contributed by atoms with van der Waals surface area (Å²) in [6.45, 7) is 12.8. The largest absolute Gasteiger partial charge is 0.514 e. The summed E-state index contributed by atoms with van der Waals surface area (Å²) < 4.78 is 39.2. The van der Waals surface area contributed by atoms with Crippen LogP contribution in [-0.2, 0) is 54.7 Å². The number of ether oxygens (including phenoxy) is 7. The third-order valence-corrected chi connectivity index (χ3v) is 9.74. The van der Waals surface area contributed by atoms with E-state index in [2.05, 4.69) is 4.90 Å². The number of benzene rings is 1. The molecule has 0 unspecified atom stereocenters. The molecular weight excluding hydrogens is 678 g/mol. The van der Waals surface area contributed by atoms with Gasteiger partial charge < -0.3 is 43.2 Å². The Morgan fingerprint density at radius 3 is 2.35 bits per heavy atom. The molecule has 286 valence electrons. The molecule has 0 amide bonds. The molecule has 14 nitrogen and oxygen atoms in total. The van der Waals surface area contributed by atoms with Crippen LogP contribution in [0, 0.1) is 0 Å². The molecule has 1 spiro atoms. The van der Waals surface area contributed by atoms with Crippen LogP contribution in [0.1, 0.15) is 105 Å². The van der Waals surface area contributed by atoms with Crippen molar-refractivity contribution in [2.24, 2.45) is 0 Å². The van der Waals surface area contributed by atoms with Crippen LogP contribution in [0.25, 0.3) is 0 Å². The smallest absolute Gasteiger partial charge is 0.477 e. The van der Waals surface area contributed by atoms with Crippen molar-refractivity contribution in [2.75, 3.05) is 20.2 Å². The Hall–Kier alpha value is -4.17. The molecule has 2 aliphatic carbocycles. The molecule has 1 saturated heterocycles. The maximum atomic E-state index is 13.3. The van der Waals surface area contributed by atoms with Crippen LogP contribution < -0.4 is 9.47 Å². The van der Waals surface area contributed by atoms with Gasteiger partial charge in [0.15, 0.2) is 17.6 Å². The Morgan fingerprint density at radius 1 is 0.981 bits per heavy atom. The van der Waals surface area contributed by atoms with E-state index in [1.807, 2.05) is 20.0 Å². The molecule has 0 aromatic heterocycles. The molecule has 1 fully saturated rings. The topological polar surface area (TPSA) is 173 Å². The monoisotopic (exact) mass is 729 g/mol. The second-order valence-corrected chi connectivity index (χ2v) is 15.9. The summed E-state index contributed by atoms with van der Waals surface area (Å²) in [6.07, 6.45) is -0.665. The predicted molar refractivity (Wildman–Crippen MR) is 183 cm³/mol. The van der Waals surface area contributed by atoms with Crippen LogP contribution in [0.15, 0.2) is 24.0 Å². The highest BCUT2D eigenvalue weighted by Crippen LogP contribution is 2.65. The fourth-order valence-electron chi connectivity index (χ4n) is 7.59. The van der Waals surface area contributed by atoms with Gasteiger partial charge >= 0.3 is 30.0 Å². The van der Waals surface area contributed by atoms with Gasteiger partial charge in [-0.05, 0) is 92.1 Å². The summed E-state index contributed by atoms with van der Waals surface area (Å²) in [6, 6.07) is 3.25. The van der Waals surface area contributed by atoms with Gasteiger partial charge in [0.2, 0.25) is 6.10 Å². The Labute approximate surface area is 304 Å². The molecule has 2 bridgehead atoms. The second kappa shape index (κ2) is 14.7. The SMILES string of the molecule is CCCCOC(=O)[C@@H](CC(=O)OC(C)(C)C)OC(=O)CCC(=O)OC1=CC[C@@]2(O)[C@H]3Cc4ccc(OC(=O)OC(C)(C)C)c5c4[C@@]2(CCN3C)[C@H]1O5. The number of carbonyl (C=O) groups is 5. The molecule has 2 aliphatic heterocycles. The van der Waals surface area contributed by atoms with E-state index in [0.717, 1.165) is 17.5 Å².